The van der Waals surface area contributed by atoms with Gasteiger partial charge in [0.2, 0.25) is 11.8 Å². The van der Waals surface area contributed by atoms with Crippen molar-refractivity contribution in [3.8, 4) is 17.8 Å². The van der Waals surface area contributed by atoms with Gasteiger partial charge in [0.05, 0.1) is 19.3 Å². The van der Waals surface area contributed by atoms with E-state index in [4.69, 9.17) is 14.2 Å². The number of piperazine rings is 2. The van der Waals surface area contributed by atoms with Gasteiger partial charge in [-0.3, -0.25) is 9.80 Å². The number of carbonyl (C=O) groups is 1. The molecule has 0 spiro atoms. The Morgan fingerprint density at radius 2 is 1.45 bits per heavy atom. The van der Waals surface area contributed by atoms with Gasteiger partial charge in [-0.2, -0.15) is 23.1 Å². The summed E-state index contributed by atoms with van der Waals surface area (Å²) in [5.41, 5.74) is 2.65. The Morgan fingerprint density at radius 1 is 0.824 bits per heavy atom. The summed E-state index contributed by atoms with van der Waals surface area (Å²) in [5, 5.41) is 0. The summed E-state index contributed by atoms with van der Waals surface area (Å²) in [6.45, 7) is 5.25. The third kappa shape index (κ3) is 9.88. The molecule has 51 heavy (non-hydrogen) atoms. The van der Waals surface area contributed by atoms with Crippen LogP contribution in [0.15, 0.2) is 60.7 Å². The number of carbonyl (C=O) groups excluding carboxylic acids is 1. The summed E-state index contributed by atoms with van der Waals surface area (Å²) >= 11 is 0. The number of methoxy groups -OCH3 is 1. The van der Waals surface area contributed by atoms with Gasteiger partial charge in [-0.1, -0.05) is 60.7 Å². The lowest BCUT2D eigenvalue weighted by atomic mass is 9.81. The van der Waals surface area contributed by atoms with Crippen molar-refractivity contribution in [3.63, 3.8) is 0 Å². The monoisotopic (exact) mass is 754 g/mol. The largest absolute Gasteiger partial charge is 0.481 e. The number of amides is 2. The van der Waals surface area contributed by atoms with Crippen LogP contribution in [0, 0.1) is 0 Å². The standard InChI is InChI=1S/C36H45F3N6O4.2ClH/c1-3-48-34-40-32(47-2)29(33(41-34)49-25-36(37,38)39)23-42-21-28-22-44(35(46)43-17-11-6-12-18-43)19-20-45(28)30(24-42)31(26-13-7-4-8-14-26)27-15-9-5-10-16-27;;/h4-5,7-10,13-16,28,30-31H,3,6,11-12,17-25H2,1-2H3;2*1H/t28-,30+;;/m1../s1. The van der Waals surface area contributed by atoms with Crippen molar-refractivity contribution in [2.24, 2.45) is 0 Å². The molecule has 0 radical (unpaired) electrons. The summed E-state index contributed by atoms with van der Waals surface area (Å²) in [6, 6.07) is 20.7. The Balaban J connectivity index is 0.00000292. The van der Waals surface area contributed by atoms with Gasteiger partial charge < -0.3 is 24.0 Å². The molecule has 2 amide bonds. The number of ether oxygens (including phenoxy) is 3. The molecule has 0 unspecified atom stereocenters. The van der Waals surface area contributed by atoms with E-state index in [0.29, 0.717) is 38.3 Å². The summed E-state index contributed by atoms with van der Waals surface area (Å²) in [5.74, 6) is -0.126. The number of likely N-dealkylation sites (tertiary alicyclic amines) is 1. The highest BCUT2D eigenvalue weighted by molar-refractivity contribution is 5.85. The van der Waals surface area contributed by atoms with Crippen LogP contribution in [-0.2, 0) is 6.54 Å². The zero-order valence-electron chi connectivity index (χ0n) is 29.0. The SMILES string of the molecule is CCOc1nc(OC)c(CN2C[C@@H]3CN(C(=O)N4CCCCC4)CCN3[C@H](C(c3ccccc3)c3ccccc3)C2)c(OCC(F)(F)F)n1.Cl.Cl. The zero-order chi connectivity index (χ0) is 34.4. The number of aromatic nitrogens is 2. The van der Waals surface area contributed by atoms with E-state index in [9.17, 15) is 18.0 Å². The second-order valence-corrected chi connectivity index (χ2v) is 12.9. The lowest BCUT2D eigenvalue weighted by molar-refractivity contribution is -0.154. The summed E-state index contributed by atoms with van der Waals surface area (Å²) < 4.78 is 56.4. The van der Waals surface area contributed by atoms with Crippen molar-refractivity contribution < 1.29 is 32.2 Å². The van der Waals surface area contributed by atoms with Crippen molar-refractivity contribution in [1.29, 1.82) is 0 Å². The number of hydrogen-bond acceptors (Lipinski definition) is 8. The first kappa shape index (κ1) is 40.3. The molecule has 3 saturated heterocycles. The highest BCUT2D eigenvalue weighted by Gasteiger charge is 2.44. The number of nitrogens with zero attached hydrogens (tertiary/aromatic N) is 6. The van der Waals surface area contributed by atoms with Gasteiger partial charge in [0.25, 0.3) is 0 Å². The minimum atomic E-state index is -4.57. The van der Waals surface area contributed by atoms with E-state index in [1.54, 1.807) is 6.92 Å². The van der Waals surface area contributed by atoms with E-state index < -0.39 is 12.8 Å². The smallest absolute Gasteiger partial charge is 0.422 e. The average molecular weight is 756 g/mol. The van der Waals surface area contributed by atoms with Crippen LogP contribution in [0.2, 0.25) is 0 Å². The fourth-order valence-corrected chi connectivity index (χ4v) is 7.47. The first-order valence-corrected chi connectivity index (χ1v) is 17.1. The van der Waals surface area contributed by atoms with E-state index in [-0.39, 0.29) is 79.8 Å². The molecular weight excluding hydrogens is 708 g/mol. The van der Waals surface area contributed by atoms with Crippen LogP contribution in [0.4, 0.5) is 18.0 Å². The second-order valence-electron chi connectivity index (χ2n) is 12.9. The van der Waals surface area contributed by atoms with E-state index in [0.717, 1.165) is 32.4 Å². The Hall–Kier alpha value is -3.52. The van der Waals surface area contributed by atoms with E-state index in [1.165, 1.54) is 18.2 Å². The molecule has 3 aliphatic rings. The number of fused-ring (bicyclic) bond motifs is 1. The van der Waals surface area contributed by atoms with Gasteiger partial charge in [0.1, 0.15) is 0 Å². The molecule has 0 aliphatic carbocycles. The van der Waals surface area contributed by atoms with Crippen molar-refractivity contribution >= 4 is 30.8 Å². The van der Waals surface area contributed by atoms with Crippen molar-refractivity contribution in [2.75, 3.05) is 66.1 Å². The van der Waals surface area contributed by atoms with Crippen molar-refractivity contribution in [2.45, 2.75) is 56.9 Å². The second kappa shape index (κ2) is 18.3. The normalized spacial score (nSPS) is 19.8. The Bertz CT molecular complexity index is 1500. The Kier molecular flexibility index (Phi) is 14.4. The molecule has 0 saturated carbocycles. The van der Waals surface area contributed by atoms with Gasteiger partial charge >= 0.3 is 18.2 Å². The fraction of sp³-hybridized carbons (Fsp3) is 0.528. The summed E-state index contributed by atoms with van der Waals surface area (Å²) in [7, 11) is 1.42. The number of piperidine rings is 1. The van der Waals surface area contributed by atoms with Crippen LogP contribution in [0.5, 0.6) is 17.8 Å². The van der Waals surface area contributed by atoms with Crippen LogP contribution in [0.25, 0.3) is 0 Å². The van der Waals surface area contributed by atoms with Gasteiger partial charge in [-0.05, 0) is 37.3 Å². The van der Waals surface area contributed by atoms with Gasteiger partial charge in [0.15, 0.2) is 6.61 Å². The van der Waals surface area contributed by atoms with Gasteiger partial charge in [0, 0.05) is 70.4 Å². The number of rotatable bonds is 10. The topological polar surface area (TPSA) is 83.5 Å². The van der Waals surface area contributed by atoms with Crippen molar-refractivity contribution in [3.05, 3.63) is 77.4 Å². The number of urea groups is 1. The predicted molar refractivity (Wildman–Crippen MR) is 192 cm³/mol. The van der Waals surface area contributed by atoms with E-state index in [2.05, 4.69) is 44.0 Å². The third-order valence-electron chi connectivity index (χ3n) is 9.60. The highest BCUT2D eigenvalue weighted by Crippen LogP contribution is 2.38. The minimum Gasteiger partial charge on any atom is -0.481 e. The van der Waals surface area contributed by atoms with Crippen LogP contribution in [0.3, 0.4) is 0 Å². The molecule has 280 valence electrons. The maximum Gasteiger partial charge on any atom is 0.422 e. The number of alkyl halides is 3. The molecule has 6 rings (SSSR count). The van der Waals surface area contributed by atoms with Crippen LogP contribution >= 0.6 is 24.8 Å². The molecule has 3 fully saturated rings. The lowest BCUT2D eigenvalue weighted by Gasteiger charge is -2.54. The summed E-state index contributed by atoms with van der Waals surface area (Å²) in [4.78, 5) is 31.0. The third-order valence-corrected chi connectivity index (χ3v) is 9.60. The highest BCUT2D eigenvalue weighted by atomic mass is 35.5. The first-order valence-electron chi connectivity index (χ1n) is 17.1. The van der Waals surface area contributed by atoms with Crippen LogP contribution in [0.1, 0.15) is 48.8 Å². The number of benzene rings is 2. The molecule has 10 nitrogen and oxygen atoms in total. The first-order chi connectivity index (χ1) is 23.7. The Labute approximate surface area is 310 Å². The van der Waals surface area contributed by atoms with Gasteiger partial charge in [-0.15, -0.1) is 24.8 Å². The lowest BCUT2D eigenvalue weighted by Crippen LogP contribution is -2.68. The number of hydrogen-bond donors (Lipinski definition) is 0. The predicted octanol–water partition coefficient (Wildman–Crippen LogP) is 6.28. The molecule has 3 aliphatic heterocycles. The number of halogens is 5. The molecular formula is C36H47Cl2F3N6O4. The molecule has 2 aromatic carbocycles. The fourth-order valence-electron chi connectivity index (χ4n) is 7.47. The Morgan fingerprint density at radius 3 is 2.04 bits per heavy atom. The average Bonchev–Trinajstić information content (AvgIpc) is 3.12. The van der Waals surface area contributed by atoms with Crippen molar-refractivity contribution in [1.82, 2.24) is 29.6 Å². The quantitative estimate of drug-likeness (QED) is 0.240. The van der Waals surface area contributed by atoms with E-state index in [1.807, 2.05) is 46.2 Å². The molecule has 0 N–H and O–H groups in total. The minimum absolute atomic E-state index is 0. The maximum atomic E-state index is 13.7. The van der Waals surface area contributed by atoms with Crippen LogP contribution in [-0.4, -0.2) is 120 Å². The summed E-state index contributed by atoms with van der Waals surface area (Å²) in [6.07, 6.45) is -1.38. The molecule has 1 aromatic heterocycles. The maximum absolute atomic E-state index is 13.7. The molecule has 0 bridgehead atoms. The van der Waals surface area contributed by atoms with Gasteiger partial charge in [-0.25, -0.2) is 4.79 Å². The van der Waals surface area contributed by atoms with E-state index >= 15 is 0 Å². The molecule has 15 heteroatoms. The van der Waals surface area contributed by atoms with Crippen LogP contribution < -0.4 is 14.2 Å². The molecule has 4 heterocycles. The molecule has 3 aromatic rings. The zero-order valence-corrected chi connectivity index (χ0v) is 30.6. The molecule has 2 atom stereocenters.